The van der Waals surface area contributed by atoms with Gasteiger partial charge in [0.15, 0.2) is 0 Å². The quantitative estimate of drug-likeness (QED) is 0.635. The van der Waals surface area contributed by atoms with Crippen LogP contribution in [-0.2, 0) is 16.0 Å². The van der Waals surface area contributed by atoms with Gasteiger partial charge in [0.1, 0.15) is 5.75 Å². The molecule has 0 aromatic heterocycles. The van der Waals surface area contributed by atoms with Crippen molar-refractivity contribution in [3.63, 3.8) is 0 Å². The molecule has 0 radical (unpaired) electrons. The summed E-state index contributed by atoms with van der Waals surface area (Å²) in [6, 6.07) is 4.58. The van der Waals surface area contributed by atoms with Crippen LogP contribution in [0.25, 0.3) is 0 Å². The van der Waals surface area contributed by atoms with Crippen molar-refractivity contribution in [3.8, 4) is 5.75 Å². The summed E-state index contributed by atoms with van der Waals surface area (Å²) in [5.74, 6) is 0.137. The lowest BCUT2D eigenvalue weighted by Gasteiger charge is -2.12. The Morgan fingerprint density at radius 2 is 2.05 bits per heavy atom. The van der Waals surface area contributed by atoms with Gasteiger partial charge in [-0.3, -0.25) is 0 Å². The van der Waals surface area contributed by atoms with E-state index in [-0.39, 0.29) is 5.75 Å². The summed E-state index contributed by atoms with van der Waals surface area (Å²) in [5, 5.41) is 3.62. The van der Waals surface area contributed by atoms with Crippen LogP contribution in [0.15, 0.2) is 18.2 Å². The van der Waals surface area contributed by atoms with Gasteiger partial charge in [0.2, 0.25) is 0 Å². The number of hydrogen-bond donors (Lipinski definition) is 1. The highest BCUT2D eigenvalue weighted by Gasteiger charge is 2.09. The van der Waals surface area contributed by atoms with Crippen LogP contribution in [0.2, 0.25) is 5.02 Å². The Hall–Kier alpha value is -0.950. The fourth-order valence-electron chi connectivity index (χ4n) is 1.66. The molecule has 0 fully saturated rings. The van der Waals surface area contributed by atoms with Gasteiger partial charge in [0, 0.05) is 30.8 Å². The molecule has 0 aliphatic rings. The Morgan fingerprint density at radius 1 is 1.24 bits per heavy atom. The van der Waals surface area contributed by atoms with Crippen LogP contribution in [0, 0.1) is 0 Å². The van der Waals surface area contributed by atoms with E-state index in [9.17, 15) is 8.78 Å². The first kappa shape index (κ1) is 18.1. The molecule has 120 valence electrons. The first-order valence-corrected chi connectivity index (χ1v) is 7.02. The van der Waals surface area contributed by atoms with Crippen molar-refractivity contribution in [1.29, 1.82) is 0 Å². The molecule has 0 aliphatic carbocycles. The highest BCUT2D eigenvalue weighted by Crippen LogP contribution is 2.24. The maximum Gasteiger partial charge on any atom is 0.387 e. The number of benzene rings is 1. The van der Waals surface area contributed by atoms with Crippen molar-refractivity contribution in [3.05, 3.63) is 28.8 Å². The van der Waals surface area contributed by atoms with Gasteiger partial charge < -0.3 is 19.5 Å². The molecule has 0 aliphatic heterocycles. The summed E-state index contributed by atoms with van der Waals surface area (Å²) in [6.45, 7) is 0.0151. The molecule has 0 atom stereocenters. The molecule has 7 heteroatoms. The average Bonchev–Trinajstić information content (AvgIpc) is 2.44. The highest BCUT2D eigenvalue weighted by atomic mass is 35.5. The van der Waals surface area contributed by atoms with Crippen LogP contribution in [0.1, 0.15) is 12.0 Å². The molecule has 1 aromatic rings. The van der Waals surface area contributed by atoms with Crippen LogP contribution in [0.5, 0.6) is 5.75 Å². The van der Waals surface area contributed by atoms with Crippen molar-refractivity contribution in [2.75, 3.05) is 33.5 Å². The highest BCUT2D eigenvalue weighted by molar-refractivity contribution is 6.30. The minimum Gasteiger partial charge on any atom is -0.434 e. The Morgan fingerprint density at radius 3 is 2.76 bits per heavy atom. The molecule has 0 amide bonds. The SMILES string of the molecule is COCCOCCCNCc1cc(Cl)ccc1OC(F)F. The van der Waals surface area contributed by atoms with Gasteiger partial charge in [-0.2, -0.15) is 8.78 Å². The van der Waals surface area contributed by atoms with Crippen LogP contribution in [-0.4, -0.2) is 40.1 Å². The second kappa shape index (κ2) is 10.7. The lowest BCUT2D eigenvalue weighted by molar-refractivity contribution is -0.0504. The van der Waals surface area contributed by atoms with Crippen LogP contribution >= 0.6 is 11.6 Å². The lowest BCUT2D eigenvalue weighted by atomic mass is 10.2. The van der Waals surface area contributed by atoms with Gasteiger partial charge in [-0.1, -0.05) is 11.6 Å². The van der Waals surface area contributed by atoms with Gasteiger partial charge in [-0.15, -0.1) is 0 Å². The third kappa shape index (κ3) is 8.16. The molecule has 0 saturated heterocycles. The third-order valence-corrected chi connectivity index (χ3v) is 2.86. The molecular weight excluding hydrogens is 304 g/mol. The summed E-state index contributed by atoms with van der Waals surface area (Å²) in [5.41, 5.74) is 0.600. The fraction of sp³-hybridized carbons (Fsp3) is 0.571. The molecule has 21 heavy (non-hydrogen) atoms. The molecule has 0 heterocycles. The zero-order valence-electron chi connectivity index (χ0n) is 11.9. The maximum atomic E-state index is 12.3. The maximum absolute atomic E-state index is 12.3. The van der Waals surface area contributed by atoms with Gasteiger partial charge in [0.25, 0.3) is 0 Å². The molecule has 1 aromatic carbocycles. The summed E-state index contributed by atoms with van der Waals surface area (Å²) in [4.78, 5) is 0. The standard InChI is InChI=1S/C14H20ClF2NO3/c1-19-7-8-20-6-2-5-18-10-11-9-12(15)3-4-13(11)21-14(16)17/h3-4,9,14,18H,2,5-8,10H2,1H3. The number of hydrogen-bond acceptors (Lipinski definition) is 4. The molecule has 4 nitrogen and oxygen atoms in total. The first-order chi connectivity index (χ1) is 10.1. The normalized spacial score (nSPS) is 11.1. The van der Waals surface area contributed by atoms with Gasteiger partial charge >= 0.3 is 6.61 Å². The molecule has 0 bridgehead atoms. The van der Waals surface area contributed by atoms with Crippen molar-refractivity contribution < 1.29 is 23.0 Å². The minimum absolute atomic E-state index is 0.137. The van der Waals surface area contributed by atoms with Crippen molar-refractivity contribution in [2.45, 2.75) is 19.6 Å². The summed E-state index contributed by atoms with van der Waals surface area (Å²) >= 11 is 5.86. The van der Waals surface area contributed by atoms with E-state index in [0.717, 1.165) is 6.42 Å². The number of methoxy groups -OCH3 is 1. The van der Waals surface area contributed by atoms with E-state index in [1.807, 2.05) is 0 Å². The number of halogens is 3. The number of alkyl halides is 2. The van der Waals surface area contributed by atoms with E-state index in [2.05, 4.69) is 10.1 Å². The molecule has 1 rings (SSSR count). The molecular formula is C14H20ClF2NO3. The summed E-state index contributed by atoms with van der Waals surface area (Å²) in [7, 11) is 1.62. The Kier molecular flexibility index (Phi) is 9.25. The smallest absolute Gasteiger partial charge is 0.387 e. The lowest BCUT2D eigenvalue weighted by Crippen LogP contribution is -2.18. The second-order valence-electron chi connectivity index (χ2n) is 4.27. The molecule has 0 unspecified atom stereocenters. The molecule has 1 N–H and O–H groups in total. The second-order valence-corrected chi connectivity index (χ2v) is 4.70. The zero-order valence-corrected chi connectivity index (χ0v) is 12.7. The van der Waals surface area contributed by atoms with E-state index in [1.165, 1.54) is 12.1 Å². The van der Waals surface area contributed by atoms with E-state index >= 15 is 0 Å². The van der Waals surface area contributed by atoms with Gasteiger partial charge in [0.05, 0.1) is 13.2 Å². The predicted molar refractivity (Wildman–Crippen MR) is 77.1 cm³/mol. The third-order valence-electron chi connectivity index (χ3n) is 2.63. The number of nitrogens with one attached hydrogen (secondary N) is 1. The average molecular weight is 324 g/mol. The van der Waals surface area contributed by atoms with E-state index in [4.69, 9.17) is 21.1 Å². The summed E-state index contributed by atoms with van der Waals surface area (Å²) in [6.07, 6.45) is 0.815. The topological polar surface area (TPSA) is 39.7 Å². The van der Waals surface area contributed by atoms with E-state index < -0.39 is 6.61 Å². The fourth-order valence-corrected chi connectivity index (χ4v) is 1.86. The van der Waals surface area contributed by atoms with Crippen molar-refractivity contribution in [1.82, 2.24) is 5.32 Å². The Bertz CT molecular complexity index is 408. The van der Waals surface area contributed by atoms with E-state index in [1.54, 1.807) is 13.2 Å². The van der Waals surface area contributed by atoms with Crippen LogP contribution < -0.4 is 10.1 Å². The summed E-state index contributed by atoms with van der Waals surface area (Å²) < 4.78 is 39.2. The largest absolute Gasteiger partial charge is 0.434 e. The van der Waals surface area contributed by atoms with Crippen molar-refractivity contribution >= 4 is 11.6 Å². The van der Waals surface area contributed by atoms with Crippen LogP contribution in [0.3, 0.4) is 0 Å². The molecule has 0 saturated carbocycles. The molecule has 0 spiro atoms. The van der Waals surface area contributed by atoms with E-state index in [0.29, 0.717) is 43.5 Å². The number of ether oxygens (including phenoxy) is 3. The van der Waals surface area contributed by atoms with Crippen LogP contribution in [0.4, 0.5) is 8.78 Å². The number of rotatable bonds is 11. The minimum atomic E-state index is -2.85. The Labute approximate surface area is 128 Å². The van der Waals surface area contributed by atoms with Gasteiger partial charge in [-0.25, -0.2) is 0 Å². The monoisotopic (exact) mass is 323 g/mol. The first-order valence-electron chi connectivity index (χ1n) is 6.64. The van der Waals surface area contributed by atoms with Crippen molar-refractivity contribution in [2.24, 2.45) is 0 Å². The predicted octanol–water partition coefficient (Wildman–Crippen LogP) is 3.08. The Balaban J connectivity index is 2.29. The zero-order chi connectivity index (χ0) is 15.5. The van der Waals surface area contributed by atoms with Gasteiger partial charge in [-0.05, 0) is 31.2 Å².